The standard InChI is InChI=1S/C14H20N2O/c1-10(2)9-16-14(17)13-12-6-4-3-5-11(12)7-8-15-13/h3-6,10,13,15H,7-9H2,1-2H3,(H,16,17). The number of fused-ring (bicyclic) bond motifs is 1. The van der Waals surface area contributed by atoms with Crippen molar-refractivity contribution in [2.75, 3.05) is 13.1 Å². The van der Waals surface area contributed by atoms with E-state index in [1.54, 1.807) is 0 Å². The van der Waals surface area contributed by atoms with Crippen LogP contribution < -0.4 is 10.6 Å². The van der Waals surface area contributed by atoms with E-state index >= 15 is 0 Å². The molecular formula is C14H20N2O. The van der Waals surface area contributed by atoms with E-state index in [9.17, 15) is 4.79 Å². The van der Waals surface area contributed by atoms with Gasteiger partial charge in [-0.25, -0.2) is 0 Å². The molecule has 0 saturated carbocycles. The Morgan fingerprint density at radius 2 is 2.24 bits per heavy atom. The van der Waals surface area contributed by atoms with Crippen LogP contribution in [0.25, 0.3) is 0 Å². The molecule has 0 spiro atoms. The summed E-state index contributed by atoms with van der Waals surface area (Å²) in [6.45, 7) is 5.81. The molecule has 1 heterocycles. The molecule has 1 aromatic rings. The minimum absolute atomic E-state index is 0.0888. The topological polar surface area (TPSA) is 41.1 Å². The Bertz CT molecular complexity index is 401. The van der Waals surface area contributed by atoms with Crippen molar-refractivity contribution in [1.29, 1.82) is 0 Å². The summed E-state index contributed by atoms with van der Waals surface area (Å²) in [6.07, 6.45) is 1.00. The fourth-order valence-electron chi connectivity index (χ4n) is 2.15. The molecule has 0 aromatic heterocycles. The third kappa shape index (κ3) is 2.86. The normalized spacial score (nSPS) is 18.9. The molecule has 0 saturated heterocycles. The number of nitrogens with one attached hydrogen (secondary N) is 2. The summed E-state index contributed by atoms with van der Waals surface area (Å²) in [7, 11) is 0. The molecule has 3 nitrogen and oxygen atoms in total. The molecule has 2 N–H and O–H groups in total. The van der Waals surface area contributed by atoms with Gasteiger partial charge >= 0.3 is 0 Å². The van der Waals surface area contributed by atoms with Crippen molar-refractivity contribution < 1.29 is 4.79 Å². The lowest BCUT2D eigenvalue weighted by Crippen LogP contribution is -2.42. The first-order chi connectivity index (χ1) is 8.18. The Balaban J connectivity index is 2.10. The zero-order valence-corrected chi connectivity index (χ0v) is 10.5. The minimum atomic E-state index is -0.182. The molecule has 1 atom stereocenters. The third-order valence-corrected chi connectivity index (χ3v) is 3.06. The summed E-state index contributed by atoms with van der Waals surface area (Å²) in [5, 5.41) is 6.28. The molecule has 1 unspecified atom stereocenters. The molecule has 2 rings (SSSR count). The lowest BCUT2D eigenvalue weighted by molar-refractivity contribution is -0.123. The van der Waals surface area contributed by atoms with Crippen LogP contribution in [0.3, 0.4) is 0 Å². The first-order valence-corrected chi connectivity index (χ1v) is 6.27. The average Bonchev–Trinajstić information content (AvgIpc) is 2.35. The summed E-state index contributed by atoms with van der Waals surface area (Å²) in [4.78, 5) is 12.1. The van der Waals surface area contributed by atoms with Crippen LogP contribution in [0.4, 0.5) is 0 Å². The second-order valence-electron chi connectivity index (χ2n) is 4.97. The molecule has 1 amide bonds. The van der Waals surface area contributed by atoms with Gasteiger partial charge in [0.1, 0.15) is 6.04 Å². The summed E-state index contributed by atoms with van der Waals surface area (Å²) < 4.78 is 0. The van der Waals surface area contributed by atoms with E-state index in [4.69, 9.17) is 0 Å². The van der Waals surface area contributed by atoms with Crippen molar-refractivity contribution in [2.45, 2.75) is 26.3 Å². The van der Waals surface area contributed by atoms with E-state index in [1.807, 2.05) is 18.2 Å². The highest BCUT2D eigenvalue weighted by Crippen LogP contribution is 2.22. The minimum Gasteiger partial charge on any atom is -0.354 e. The van der Waals surface area contributed by atoms with Gasteiger partial charge in [0, 0.05) is 13.1 Å². The van der Waals surface area contributed by atoms with Crippen LogP contribution in [-0.4, -0.2) is 19.0 Å². The lowest BCUT2D eigenvalue weighted by Gasteiger charge is -2.26. The molecule has 92 valence electrons. The highest BCUT2D eigenvalue weighted by molar-refractivity contribution is 5.83. The highest BCUT2D eigenvalue weighted by Gasteiger charge is 2.25. The quantitative estimate of drug-likeness (QED) is 0.832. The van der Waals surface area contributed by atoms with Gasteiger partial charge in [-0.3, -0.25) is 4.79 Å². The molecular weight excluding hydrogens is 212 g/mol. The number of carbonyl (C=O) groups is 1. The smallest absolute Gasteiger partial charge is 0.241 e. The Kier molecular flexibility index (Phi) is 3.79. The average molecular weight is 232 g/mol. The molecule has 1 aromatic carbocycles. The second-order valence-corrected chi connectivity index (χ2v) is 4.97. The van der Waals surface area contributed by atoms with Gasteiger partial charge in [0.15, 0.2) is 0 Å². The van der Waals surface area contributed by atoms with E-state index in [1.165, 1.54) is 5.56 Å². The molecule has 17 heavy (non-hydrogen) atoms. The number of amides is 1. The predicted molar refractivity (Wildman–Crippen MR) is 68.7 cm³/mol. The second kappa shape index (κ2) is 5.32. The maximum atomic E-state index is 12.1. The van der Waals surface area contributed by atoms with E-state index in [0.29, 0.717) is 5.92 Å². The first kappa shape index (κ1) is 12.1. The Hall–Kier alpha value is -1.35. The number of hydrogen-bond acceptors (Lipinski definition) is 2. The van der Waals surface area contributed by atoms with E-state index in [2.05, 4.69) is 30.5 Å². The number of hydrogen-bond donors (Lipinski definition) is 2. The van der Waals surface area contributed by atoms with E-state index in [-0.39, 0.29) is 11.9 Å². The zero-order valence-electron chi connectivity index (χ0n) is 10.5. The molecule has 0 aliphatic carbocycles. The number of benzene rings is 1. The molecule has 1 aliphatic rings. The summed E-state index contributed by atoms with van der Waals surface area (Å²) in [5.41, 5.74) is 2.41. The Labute approximate surface area is 103 Å². The number of rotatable bonds is 3. The zero-order chi connectivity index (χ0) is 12.3. The van der Waals surface area contributed by atoms with Crippen LogP contribution in [0.1, 0.15) is 31.0 Å². The van der Waals surface area contributed by atoms with Crippen molar-refractivity contribution in [1.82, 2.24) is 10.6 Å². The van der Waals surface area contributed by atoms with Crippen LogP contribution in [0, 0.1) is 5.92 Å². The maximum absolute atomic E-state index is 12.1. The predicted octanol–water partition coefficient (Wildman–Crippen LogP) is 1.65. The lowest BCUT2D eigenvalue weighted by atomic mass is 9.94. The maximum Gasteiger partial charge on any atom is 0.241 e. The number of carbonyl (C=O) groups excluding carboxylic acids is 1. The molecule has 0 radical (unpaired) electrons. The Morgan fingerprint density at radius 1 is 1.47 bits per heavy atom. The largest absolute Gasteiger partial charge is 0.354 e. The van der Waals surface area contributed by atoms with Crippen molar-refractivity contribution in [3.63, 3.8) is 0 Å². The summed E-state index contributed by atoms with van der Waals surface area (Å²) >= 11 is 0. The molecule has 0 bridgehead atoms. The third-order valence-electron chi connectivity index (χ3n) is 3.06. The molecule has 0 fully saturated rings. The fraction of sp³-hybridized carbons (Fsp3) is 0.500. The van der Waals surface area contributed by atoms with E-state index in [0.717, 1.165) is 25.1 Å². The monoisotopic (exact) mass is 232 g/mol. The Morgan fingerprint density at radius 3 is 3.00 bits per heavy atom. The van der Waals surface area contributed by atoms with Crippen LogP contribution in [0.2, 0.25) is 0 Å². The van der Waals surface area contributed by atoms with Crippen LogP contribution in [0.5, 0.6) is 0 Å². The van der Waals surface area contributed by atoms with Crippen LogP contribution in [-0.2, 0) is 11.2 Å². The summed E-state index contributed by atoms with van der Waals surface area (Å²) in [5.74, 6) is 0.573. The first-order valence-electron chi connectivity index (χ1n) is 6.27. The molecule has 3 heteroatoms. The van der Waals surface area contributed by atoms with Gasteiger partial charge in [-0.2, -0.15) is 0 Å². The van der Waals surface area contributed by atoms with Crippen molar-refractivity contribution >= 4 is 5.91 Å². The highest BCUT2D eigenvalue weighted by atomic mass is 16.2. The van der Waals surface area contributed by atoms with Gasteiger partial charge in [-0.15, -0.1) is 0 Å². The van der Waals surface area contributed by atoms with Crippen molar-refractivity contribution in [2.24, 2.45) is 5.92 Å². The van der Waals surface area contributed by atoms with Crippen molar-refractivity contribution in [3.8, 4) is 0 Å². The SMILES string of the molecule is CC(C)CNC(=O)C1NCCc2ccccc21. The van der Waals surface area contributed by atoms with Gasteiger partial charge in [0.2, 0.25) is 5.91 Å². The van der Waals surface area contributed by atoms with E-state index < -0.39 is 0 Å². The molecule has 1 aliphatic heterocycles. The van der Waals surface area contributed by atoms with Gasteiger partial charge in [0.05, 0.1) is 0 Å². The van der Waals surface area contributed by atoms with Crippen LogP contribution >= 0.6 is 0 Å². The fourth-order valence-corrected chi connectivity index (χ4v) is 2.15. The van der Waals surface area contributed by atoms with Gasteiger partial charge < -0.3 is 10.6 Å². The van der Waals surface area contributed by atoms with Crippen LogP contribution in [0.15, 0.2) is 24.3 Å². The van der Waals surface area contributed by atoms with Gasteiger partial charge in [-0.05, 0) is 23.5 Å². The van der Waals surface area contributed by atoms with Gasteiger partial charge in [-0.1, -0.05) is 38.1 Å². The van der Waals surface area contributed by atoms with Crippen molar-refractivity contribution in [3.05, 3.63) is 35.4 Å². The summed E-state index contributed by atoms with van der Waals surface area (Å²) in [6, 6.07) is 8.00. The van der Waals surface area contributed by atoms with Gasteiger partial charge in [0.25, 0.3) is 0 Å².